The monoisotopic (exact) mass is 441 g/mol. The third-order valence-electron chi connectivity index (χ3n) is 6.08. The fourth-order valence-electron chi connectivity index (χ4n) is 4.71. The average molecular weight is 442 g/mol. The van der Waals surface area contributed by atoms with Gasteiger partial charge < -0.3 is 14.6 Å². The van der Waals surface area contributed by atoms with Crippen molar-refractivity contribution < 1.29 is 24.2 Å². The number of aromatic hydroxyl groups is 1. The van der Waals surface area contributed by atoms with E-state index < -0.39 is 6.04 Å². The van der Waals surface area contributed by atoms with Gasteiger partial charge in [-0.2, -0.15) is 0 Å². The molecule has 3 heterocycles. The van der Waals surface area contributed by atoms with E-state index in [1.54, 1.807) is 12.1 Å². The minimum Gasteiger partial charge on any atom is -0.504 e. The molecular formula is C22H23N3O5S. The van der Waals surface area contributed by atoms with E-state index in [0.29, 0.717) is 33.6 Å². The van der Waals surface area contributed by atoms with Crippen molar-refractivity contribution in [1.29, 1.82) is 0 Å². The number of carbonyl (C=O) groups is 2. The Morgan fingerprint density at radius 3 is 2.81 bits per heavy atom. The quantitative estimate of drug-likeness (QED) is 0.775. The van der Waals surface area contributed by atoms with Gasteiger partial charge in [-0.05, 0) is 50.8 Å². The number of amides is 1. The molecule has 0 radical (unpaired) electrons. The van der Waals surface area contributed by atoms with Crippen molar-refractivity contribution in [3.8, 4) is 11.5 Å². The summed E-state index contributed by atoms with van der Waals surface area (Å²) >= 11 is 1.29. The molecule has 1 amide bonds. The number of aryl methyl sites for hydroxylation is 1. The third kappa shape index (κ3) is 3.18. The van der Waals surface area contributed by atoms with Crippen LogP contribution in [-0.4, -0.2) is 39.7 Å². The molecule has 3 atom stereocenters. The summed E-state index contributed by atoms with van der Waals surface area (Å²) in [4.78, 5) is 28.6. The maximum Gasteiger partial charge on any atom is 0.296 e. The summed E-state index contributed by atoms with van der Waals surface area (Å²) in [5, 5.41) is 19.5. The summed E-state index contributed by atoms with van der Waals surface area (Å²) in [6, 6.07) is 4.19. The van der Waals surface area contributed by atoms with Crippen LogP contribution >= 0.6 is 11.3 Å². The summed E-state index contributed by atoms with van der Waals surface area (Å²) in [5.74, 6) is -0.214. The maximum absolute atomic E-state index is 13.6. The largest absolute Gasteiger partial charge is 0.504 e. The van der Waals surface area contributed by atoms with E-state index in [0.717, 1.165) is 25.7 Å². The highest BCUT2D eigenvalue weighted by molar-refractivity contribution is 7.15. The van der Waals surface area contributed by atoms with Gasteiger partial charge in [-0.15, -0.1) is 10.2 Å². The van der Waals surface area contributed by atoms with Crippen LogP contribution in [-0.2, 0) is 14.3 Å². The number of ketones is 1. The Labute approximate surface area is 183 Å². The summed E-state index contributed by atoms with van der Waals surface area (Å²) in [6.07, 6.45) is 3.25. The van der Waals surface area contributed by atoms with Crippen LogP contribution in [0.15, 0.2) is 29.5 Å². The molecule has 0 bridgehead atoms. The van der Waals surface area contributed by atoms with Crippen LogP contribution in [0.25, 0.3) is 0 Å². The minimum absolute atomic E-state index is 0.000927. The summed E-state index contributed by atoms with van der Waals surface area (Å²) in [6.45, 7) is 4.01. The summed E-state index contributed by atoms with van der Waals surface area (Å²) in [7, 11) is 0. The molecule has 1 aromatic heterocycles. The SMILES string of the molecule is CCOc1cc(C2C3=C(OC4CCCCC4C3=O)C(=O)N2c2nnc(C)s2)ccc1O. The second-order valence-electron chi connectivity index (χ2n) is 8.00. The molecule has 0 spiro atoms. The number of aromatic nitrogens is 2. The van der Waals surface area contributed by atoms with Crippen molar-refractivity contribution in [2.24, 2.45) is 5.92 Å². The van der Waals surface area contributed by atoms with Crippen molar-refractivity contribution in [1.82, 2.24) is 10.2 Å². The first-order valence-corrected chi connectivity index (χ1v) is 11.4. The lowest BCUT2D eigenvalue weighted by Crippen LogP contribution is -2.39. The van der Waals surface area contributed by atoms with Crippen LogP contribution in [0.5, 0.6) is 11.5 Å². The van der Waals surface area contributed by atoms with E-state index in [1.807, 2.05) is 13.8 Å². The molecule has 9 heteroatoms. The van der Waals surface area contributed by atoms with Crippen LogP contribution in [0.1, 0.15) is 49.2 Å². The van der Waals surface area contributed by atoms with Gasteiger partial charge in [0.05, 0.1) is 24.1 Å². The number of ether oxygens (including phenoxy) is 2. The molecule has 1 saturated carbocycles. The van der Waals surface area contributed by atoms with Gasteiger partial charge >= 0.3 is 0 Å². The van der Waals surface area contributed by atoms with E-state index in [1.165, 1.54) is 22.3 Å². The lowest BCUT2D eigenvalue weighted by Gasteiger charge is -2.35. The van der Waals surface area contributed by atoms with Crippen LogP contribution in [0, 0.1) is 12.8 Å². The standard InChI is InChI=1S/C22H23N3O5S/c1-3-29-16-10-12(8-9-14(16)26)18-17-19(27)13-6-4-5-7-15(13)30-20(17)21(28)25(18)22-24-23-11(2)31-22/h8-10,13,15,18,26H,3-7H2,1-2H3. The maximum atomic E-state index is 13.6. The van der Waals surface area contributed by atoms with Crippen molar-refractivity contribution in [3.63, 3.8) is 0 Å². The van der Waals surface area contributed by atoms with Crippen molar-refractivity contribution >= 4 is 28.2 Å². The van der Waals surface area contributed by atoms with E-state index in [2.05, 4.69) is 10.2 Å². The van der Waals surface area contributed by atoms with Crippen molar-refractivity contribution in [2.45, 2.75) is 51.7 Å². The first-order valence-electron chi connectivity index (χ1n) is 10.5. The number of anilines is 1. The number of phenolic OH excluding ortho intramolecular Hbond substituents is 1. The van der Waals surface area contributed by atoms with Crippen LogP contribution < -0.4 is 9.64 Å². The molecule has 1 fully saturated rings. The first kappa shape index (κ1) is 20.0. The van der Waals surface area contributed by atoms with Crippen LogP contribution in [0.4, 0.5) is 5.13 Å². The zero-order valence-corrected chi connectivity index (χ0v) is 18.1. The third-order valence-corrected chi connectivity index (χ3v) is 6.92. The fraction of sp³-hybridized carbons (Fsp3) is 0.455. The molecule has 31 heavy (non-hydrogen) atoms. The topological polar surface area (TPSA) is 102 Å². The van der Waals surface area contributed by atoms with Gasteiger partial charge in [-0.25, -0.2) is 0 Å². The molecule has 2 aromatic rings. The molecule has 3 unspecified atom stereocenters. The molecule has 1 aliphatic carbocycles. The highest BCUT2D eigenvalue weighted by Gasteiger charge is 2.53. The van der Waals surface area contributed by atoms with E-state index in [-0.39, 0.29) is 35.2 Å². The predicted molar refractivity (Wildman–Crippen MR) is 113 cm³/mol. The zero-order chi connectivity index (χ0) is 21.7. The second-order valence-corrected chi connectivity index (χ2v) is 9.16. The van der Waals surface area contributed by atoms with Gasteiger partial charge in [0.1, 0.15) is 11.1 Å². The molecule has 8 nitrogen and oxygen atoms in total. The van der Waals surface area contributed by atoms with Gasteiger partial charge in [0, 0.05) is 0 Å². The smallest absolute Gasteiger partial charge is 0.296 e. The lowest BCUT2D eigenvalue weighted by atomic mass is 9.77. The number of hydrogen-bond donors (Lipinski definition) is 1. The Bertz CT molecular complexity index is 1090. The number of benzene rings is 1. The van der Waals surface area contributed by atoms with Gasteiger partial charge in [0.2, 0.25) is 5.13 Å². The molecule has 0 saturated heterocycles. The van der Waals surface area contributed by atoms with E-state index in [9.17, 15) is 14.7 Å². The van der Waals surface area contributed by atoms with Crippen molar-refractivity contribution in [2.75, 3.05) is 11.5 Å². The summed E-state index contributed by atoms with van der Waals surface area (Å²) < 4.78 is 11.7. The van der Waals surface area contributed by atoms with Gasteiger partial charge in [-0.1, -0.05) is 23.8 Å². The molecule has 1 aromatic carbocycles. The second kappa shape index (κ2) is 7.64. The highest BCUT2D eigenvalue weighted by atomic mass is 32.1. The molecule has 1 N–H and O–H groups in total. The molecule has 2 aliphatic heterocycles. The Morgan fingerprint density at radius 2 is 2.06 bits per heavy atom. The number of hydrogen-bond acceptors (Lipinski definition) is 8. The lowest BCUT2D eigenvalue weighted by molar-refractivity contribution is -0.131. The average Bonchev–Trinajstić information content (AvgIpc) is 3.31. The molecule has 162 valence electrons. The zero-order valence-electron chi connectivity index (χ0n) is 17.3. The fourth-order valence-corrected chi connectivity index (χ4v) is 5.43. The Morgan fingerprint density at radius 1 is 1.26 bits per heavy atom. The number of fused-ring (bicyclic) bond motifs is 1. The Hall–Kier alpha value is -2.94. The predicted octanol–water partition coefficient (Wildman–Crippen LogP) is 3.45. The first-order chi connectivity index (χ1) is 15.0. The van der Waals surface area contributed by atoms with Crippen LogP contribution in [0.3, 0.4) is 0 Å². The minimum atomic E-state index is -0.704. The van der Waals surface area contributed by atoms with Gasteiger partial charge in [0.15, 0.2) is 23.0 Å². The van der Waals surface area contributed by atoms with E-state index >= 15 is 0 Å². The van der Waals surface area contributed by atoms with Crippen LogP contribution in [0.2, 0.25) is 0 Å². The number of rotatable bonds is 4. The van der Waals surface area contributed by atoms with Gasteiger partial charge in [0.25, 0.3) is 5.91 Å². The number of phenols is 1. The van der Waals surface area contributed by atoms with Crippen molar-refractivity contribution in [3.05, 3.63) is 40.1 Å². The molecule has 5 rings (SSSR count). The molecule has 3 aliphatic rings. The number of carbonyl (C=O) groups excluding carboxylic acids is 2. The number of Topliss-reactive ketones (excluding diaryl/α,β-unsaturated/α-hetero) is 1. The Balaban J connectivity index is 1.66. The normalized spacial score (nSPS) is 25.4. The highest BCUT2D eigenvalue weighted by Crippen LogP contribution is 2.49. The van der Waals surface area contributed by atoms with E-state index in [4.69, 9.17) is 9.47 Å². The Kier molecular flexibility index (Phi) is 4.92. The molecular weight excluding hydrogens is 418 g/mol. The summed E-state index contributed by atoms with van der Waals surface area (Å²) in [5.41, 5.74) is 1.02. The number of nitrogens with zero attached hydrogens (tertiary/aromatic N) is 3. The van der Waals surface area contributed by atoms with Gasteiger partial charge in [-0.3, -0.25) is 14.5 Å².